The number of methoxy groups -OCH3 is 1. The van der Waals surface area contributed by atoms with Crippen LogP contribution in [-0.2, 0) is 6.42 Å². The van der Waals surface area contributed by atoms with Gasteiger partial charge in [0.1, 0.15) is 11.6 Å². The molecule has 1 aromatic heterocycles. The number of anilines is 2. The molecule has 0 spiro atoms. The summed E-state index contributed by atoms with van der Waals surface area (Å²) in [4.78, 5) is 16.6. The summed E-state index contributed by atoms with van der Waals surface area (Å²) in [5.41, 5.74) is 3.67. The molecule has 138 valence electrons. The van der Waals surface area contributed by atoms with E-state index in [-0.39, 0.29) is 5.91 Å². The summed E-state index contributed by atoms with van der Waals surface area (Å²) in [7, 11) is 1.66. The molecule has 0 saturated heterocycles. The van der Waals surface area contributed by atoms with Crippen molar-refractivity contribution in [2.45, 2.75) is 13.3 Å². The molecule has 0 unspecified atom stereocenters. The zero-order chi connectivity index (χ0) is 19.1. The van der Waals surface area contributed by atoms with E-state index in [1.165, 1.54) is 5.56 Å². The largest absolute Gasteiger partial charge is 0.497 e. The van der Waals surface area contributed by atoms with E-state index < -0.39 is 0 Å². The molecule has 5 nitrogen and oxygen atoms in total. The smallest absolute Gasteiger partial charge is 0.257 e. The quantitative estimate of drug-likeness (QED) is 0.658. The van der Waals surface area contributed by atoms with Crippen molar-refractivity contribution in [2.24, 2.45) is 0 Å². The summed E-state index contributed by atoms with van der Waals surface area (Å²) in [6.07, 6.45) is 2.46. The van der Waals surface area contributed by atoms with Gasteiger partial charge in [-0.1, -0.05) is 29.8 Å². The second-order valence-electron chi connectivity index (χ2n) is 6.28. The molecule has 0 aliphatic heterocycles. The number of aromatic nitrogens is 1. The number of hydrogen-bond acceptors (Lipinski definition) is 4. The maximum absolute atomic E-state index is 12.3. The SMILES string of the molecule is COc1ccc(CCNc2ccc(C(=O)Nc3ccc(C)cc3)cn2)cc1. The molecule has 1 amide bonds. The Morgan fingerprint density at radius 2 is 1.74 bits per heavy atom. The maximum atomic E-state index is 12.3. The summed E-state index contributed by atoms with van der Waals surface area (Å²) >= 11 is 0. The van der Waals surface area contributed by atoms with Crippen LogP contribution in [0.1, 0.15) is 21.5 Å². The summed E-state index contributed by atoms with van der Waals surface area (Å²) in [6.45, 7) is 2.77. The number of rotatable bonds is 7. The number of carbonyl (C=O) groups is 1. The predicted octanol–water partition coefficient (Wildman–Crippen LogP) is 4.31. The lowest BCUT2D eigenvalue weighted by Gasteiger charge is -2.08. The Kier molecular flexibility index (Phi) is 6.05. The van der Waals surface area contributed by atoms with Crippen LogP contribution in [0, 0.1) is 6.92 Å². The standard InChI is InChI=1S/C22H23N3O2/c1-16-3-8-19(9-4-16)25-22(26)18-7-12-21(24-15-18)23-14-13-17-5-10-20(27-2)11-6-17/h3-12,15H,13-14H2,1-2H3,(H,23,24)(H,25,26). The van der Waals surface area contributed by atoms with Gasteiger partial charge in [0.15, 0.2) is 0 Å². The molecule has 0 bridgehead atoms. The lowest BCUT2D eigenvalue weighted by molar-refractivity contribution is 0.102. The summed E-state index contributed by atoms with van der Waals surface area (Å²) in [5.74, 6) is 1.43. The van der Waals surface area contributed by atoms with Crippen LogP contribution in [0.25, 0.3) is 0 Å². The third-order valence-corrected chi connectivity index (χ3v) is 4.21. The number of hydrogen-bond donors (Lipinski definition) is 2. The van der Waals surface area contributed by atoms with Gasteiger partial charge in [0.25, 0.3) is 5.91 Å². The Morgan fingerprint density at radius 3 is 2.37 bits per heavy atom. The van der Waals surface area contributed by atoms with Crippen LogP contribution in [0.15, 0.2) is 66.9 Å². The monoisotopic (exact) mass is 361 g/mol. The second kappa shape index (κ2) is 8.85. The van der Waals surface area contributed by atoms with Crippen LogP contribution < -0.4 is 15.4 Å². The maximum Gasteiger partial charge on any atom is 0.257 e. The molecule has 0 aliphatic rings. The zero-order valence-corrected chi connectivity index (χ0v) is 15.5. The van der Waals surface area contributed by atoms with E-state index in [1.807, 2.05) is 61.5 Å². The fourth-order valence-corrected chi connectivity index (χ4v) is 2.60. The first-order valence-corrected chi connectivity index (χ1v) is 8.85. The topological polar surface area (TPSA) is 63.2 Å². The second-order valence-corrected chi connectivity index (χ2v) is 6.28. The van der Waals surface area contributed by atoms with Gasteiger partial charge in [-0.2, -0.15) is 0 Å². The van der Waals surface area contributed by atoms with Crippen molar-refractivity contribution in [1.82, 2.24) is 4.98 Å². The third kappa shape index (κ3) is 5.31. The molecule has 0 aliphatic carbocycles. The highest BCUT2D eigenvalue weighted by atomic mass is 16.5. The molecule has 2 N–H and O–H groups in total. The number of benzene rings is 2. The minimum Gasteiger partial charge on any atom is -0.497 e. The van der Waals surface area contributed by atoms with Gasteiger partial charge in [-0.25, -0.2) is 4.98 Å². The molecule has 0 saturated carbocycles. The van der Waals surface area contributed by atoms with Crippen molar-refractivity contribution < 1.29 is 9.53 Å². The minimum absolute atomic E-state index is 0.170. The predicted molar refractivity (Wildman–Crippen MR) is 109 cm³/mol. The Morgan fingerprint density at radius 1 is 1.00 bits per heavy atom. The van der Waals surface area contributed by atoms with Crippen LogP contribution in [0.4, 0.5) is 11.5 Å². The zero-order valence-electron chi connectivity index (χ0n) is 15.5. The highest BCUT2D eigenvalue weighted by molar-refractivity contribution is 6.04. The fourth-order valence-electron chi connectivity index (χ4n) is 2.60. The van der Waals surface area contributed by atoms with E-state index in [0.29, 0.717) is 5.56 Å². The van der Waals surface area contributed by atoms with Gasteiger partial charge in [0.2, 0.25) is 0 Å². The molecule has 0 atom stereocenters. The van der Waals surface area contributed by atoms with Gasteiger partial charge < -0.3 is 15.4 Å². The highest BCUT2D eigenvalue weighted by Gasteiger charge is 2.06. The lowest BCUT2D eigenvalue weighted by atomic mass is 10.1. The van der Waals surface area contributed by atoms with E-state index >= 15 is 0 Å². The number of nitrogens with one attached hydrogen (secondary N) is 2. The van der Waals surface area contributed by atoms with E-state index in [4.69, 9.17) is 4.74 Å². The first kappa shape index (κ1) is 18.5. The molecular weight excluding hydrogens is 338 g/mol. The van der Waals surface area contributed by atoms with Gasteiger partial charge in [0.05, 0.1) is 12.7 Å². The molecule has 5 heteroatoms. The molecule has 0 fully saturated rings. The van der Waals surface area contributed by atoms with Gasteiger partial charge in [-0.05, 0) is 55.3 Å². The number of nitrogens with zero attached hydrogens (tertiary/aromatic N) is 1. The summed E-state index contributed by atoms with van der Waals surface area (Å²) in [6, 6.07) is 19.3. The minimum atomic E-state index is -0.170. The van der Waals surface area contributed by atoms with Crippen LogP contribution in [0.2, 0.25) is 0 Å². The van der Waals surface area contributed by atoms with E-state index in [9.17, 15) is 4.79 Å². The number of carbonyl (C=O) groups excluding carboxylic acids is 1. The van der Waals surface area contributed by atoms with Crippen molar-refractivity contribution in [3.05, 3.63) is 83.6 Å². The molecule has 0 radical (unpaired) electrons. The third-order valence-electron chi connectivity index (χ3n) is 4.21. The van der Waals surface area contributed by atoms with Gasteiger partial charge in [0, 0.05) is 18.4 Å². The number of ether oxygens (including phenoxy) is 1. The van der Waals surface area contributed by atoms with Gasteiger partial charge >= 0.3 is 0 Å². The first-order valence-electron chi connectivity index (χ1n) is 8.85. The van der Waals surface area contributed by atoms with E-state index in [2.05, 4.69) is 15.6 Å². The number of pyridine rings is 1. The van der Waals surface area contributed by atoms with Crippen LogP contribution in [0.3, 0.4) is 0 Å². The lowest BCUT2D eigenvalue weighted by Crippen LogP contribution is -2.13. The molecule has 3 aromatic rings. The summed E-state index contributed by atoms with van der Waals surface area (Å²) < 4.78 is 5.16. The first-order chi connectivity index (χ1) is 13.1. The average Bonchev–Trinajstić information content (AvgIpc) is 2.71. The number of amides is 1. The van der Waals surface area contributed by atoms with Crippen LogP contribution in [0.5, 0.6) is 5.75 Å². The molecule has 3 rings (SSSR count). The highest BCUT2D eigenvalue weighted by Crippen LogP contribution is 2.13. The Balaban J connectivity index is 1.50. The molecule has 1 heterocycles. The van der Waals surface area contributed by atoms with E-state index in [1.54, 1.807) is 19.4 Å². The molecule has 27 heavy (non-hydrogen) atoms. The normalized spacial score (nSPS) is 10.3. The van der Waals surface area contributed by atoms with Gasteiger partial charge in [-0.3, -0.25) is 4.79 Å². The fraction of sp³-hybridized carbons (Fsp3) is 0.182. The van der Waals surface area contributed by atoms with Crippen molar-refractivity contribution in [3.8, 4) is 5.75 Å². The van der Waals surface area contributed by atoms with Crippen molar-refractivity contribution in [1.29, 1.82) is 0 Å². The number of aryl methyl sites for hydroxylation is 1. The van der Waals surface area contributed by atoms with Crippen LogP contribution in [-0.4, -0.2) is 24.5 Å². The Labute approximate surface area is 159 Å². The van der Waals surface area contributed by atoms with Crippen LogP contribution >= 0.6 is 0 Å². The Bertz CT molecular complexity index is 873. The van der Waals surface area contributed by atoms with E-state index in [0.717, 1.165) is 35.8 Å². The molecule has 2 aromatic carbocycles. The molecular formula is C22H23N3O2. The van der Waals surface area contributed by atoms with Crippen molar-refractivity contribution in [2.75, 3.05) is 24.3 Å². The Hall–Kier alpha value is -3.34. The van der Waals surface area contributed by atoms with Crippen molar-refractivity contribution >= 4 is 17.4 Å². The average molecular weight is 361 g/mol. The van der Waals surface area contributed by atoms with Crippen molar-refractivity contribution in [3.63, 3.8) is 0 Å². The summed E-state index contributed by atoms with van der Waals surface area (Å²) in [5, 5.41) is 6.14. The van der Waals surface area contributed by atoms with Gasteiger partial charge in [-0.15, -0.1) is 0 Å².